The quantitative estimate of drug-likeness (QED) is 0.731. The van der Waals surface area contributed by atoms with Crippen LogP contribution in [0.4, 0.5) is 0 Å². The molecular weight excluding hydrogens is 318 g/mol. The van der Waals surface area contributed by atoms with Crippen LogP contribution < -0.4 is 4.74 Å². The van der Waals surface area contributed by atoms with E-state index in [0.29, 0.717) is 24.5 Å². The molecule has 0 aliphatic carbocycles. The number of likely N-dealkylation sites (tertiary alicyclic amines) is 1. The number of carbonyl (C=O) groups is 1. The highest BCUT2D eigenvalue weighted by Crippen LogP contribution is 2.29. The summed E-state index contributed by atoms with van der Waals surface area (Å²) in [6.45, 7) is 1.37. The van der Waals surface area contributed by atoms with Gasteiger partial charge in [0.2, 0.25) is 5.88 Å². The first-order chi connectivity index (χ1) is 12.2. The molecule has 1 atom stereocenters. The molecule has 4 rings (SSSR count). The first kappa shape index (κ1) is 15.6. The molecule has 0 saturated carbocycles. The Morgan fingerprint density at radius 3 is 2.88 bits per heavy atom. The SMILES string of the molecule is COc1ccc(C(=O)N2CCC(c3nc4cccnc4n3C)C2)cn1. The molecule has 1 fully saturated rings. The van der Waals surface area contributed by atoms with Crippen molar-refractivity contribution in [2.45, 2.75) is 12.3 Å². The average molecular weight is 337 g/mol. The molecule has 7 nitrogen and oxygen atoms in total. The van der Waals surface area contributed by atoms with E-state index in [9.17, 15) is 4.79 Å². The van der Waals surface area contributed by atoms with Crippen LogP contribution in [-0.4, -0.2) is 50.5 Å². The third kappa shape index (κ3) is 2.71. The number of methoxy groups -OCH3 is 1. The van der Waals surface area contributed by atoms with Crippen LogP contribution in [0.3, 0.4) is 0 Å². The van der Waals surface area contributed by atoms with Gasteiger partial charge in [0.1, 0.15) is 11.3 Å². The Hall–Kier alpha value is -2.96. The van der Waals surface area contributed by atoms with Crippen LogP contribution >= 0.6 is 0 Å². The molecule has 0 bridgehead atoms. The highest BCUT2D eigenvalue weighted by Gasteiger charge is 2.31. The Balaban J connectivity index is 1.53. The Bertz CT molecular complexity index is 919. The molecule has 3 aromatic rings. The van der Waals surface area contributed by atoms with Gasteiger partial charge in [-0.1, -0.05) is 0 Å². The van der Waals surface area contributed by atoms with Crippen LogP contribution in [0.15, 0.2) is 36.7 Å². The predicted octanol–water partition coefficient (Wildman–Crippen LogP) is 2.00. The highest BCUT2D eigenvalue weighted by molar-refractivity contribution is 5.94. The number of rotatable bonds is 3. The maximum Gasteiger partial charge on any atom is 0.255 e. The van der Waals surface area contributed by atoms with E-state index in [1.165, 1.54) is 0 Å². The molecule has 3 aromatic heterocycles. The number of hydrogen-bond donors (Lipinski definition) is 0. The number of pyridine rings is 2. The summed E-state index contributed by atoms with van der Waals surface area (Å²) in [4.78, 5) is 27.8. The Labute approximate surface area is 145 Å². The lowest BCUT2D eigenvalue weighted by Gasteiger charge is -2.16. The molecule has 0 aromatic carbocycles. The van der Waals surface area contributed by atoms with Crippen molar-refractivity contribution < 1.29 is 9.53 Å². The average Bonchev–Trinajstić information content (AvgIpc) is 3.27. The lowest BCUT2D eigenvalue weighted by Crippen LogP contribution is -2.28. The minimum atomic E-state index is -0.00505. The molecule has 0 spiro atoms. The summed E-state index contributed by atoms with van der Waals surface area (Å²) in [5, 5.41) is 0. The van der Waals surface area contributed by atoms with E-state index in [-0.39, 0.29) is 11.8 Å². The van der Waals surface area contributed by atoms with Crippen molar-refractivity contribution in [2.75, 3.05) is 20.2 Å². The van der Waals surface area contributed by atoms with Crippen molar-refractivity contribution in [1.29, 1.82) is 0 Å². The molecule has 1 unspecified atom stereocenters. The standard InChI is InChI=1S/C18H19N5O2/c1-22-16(21-14-4-3-8-19-17(14)22)13-7-9-23(11-13)18(24)12-5-6-15(25-2)20-10-12/h3-6,8,10,13H,7,9,11H2,1-2H3. The van der Waals surface area contributed by atoms with Gasteiger partial charge in [-0.15, -0.1) is 0 Å². The van der Waals surface area contributed by atoms with E-state index in [1.807, 2.05) is 28.6 Å². The number of carbonyl (C=O) groups excluding carboxylic acids is 1. The predicted molar refractivity (Wildman–Crippen MR) is 92.6 cm³/mol. The zero-order chi connectivity index (χ0) is 17.4. The van der Waals surface area contributed by atoms with E-state index in [1.54, 1.807) is 31.6 Å². The lowest BCUT2D eigenvalue weighted by molar-refractivity contribution is 0.0790. The van der Waals surface area contributed by atoms with E-state index < -0.39 is 0 Å². The van der Waals surface area contributed by atoms with Gasteiger partial charge in [-0.2, -0.15) is 0 Å². The summed E-state index contributed by atoms with van der Waals surface area (Å²) in [6.07, 6.45) is 4.23. The number of aryl methyl sites for hydroxylation is 1. The van der Waals surface area contributed by atoms with Gasteiger partial charge in [-0.3, -0.25) is 4.79 Å². The molecule has 128 valence electrons. The van der Waals surface area contributed by atoms with Crippen molar-refractivity contribution >= 4 is 17.1 Å². The van der Waals surface area contributed by atoms with Gasteiger partial charge in [0.15, 0.2) is 5.65 Å². The fraction of sp³-hybridized carbons (Fsp3) is 0.333. The topological polar surface area (TPSA) is 73.1 Å². The van der Waals surface area contributed by atoms with Gasteiger partial charge < -0.3 is 14.2 Å². The number of nitrogens with zero attached hydrogens (tertiary/aromatic N) is 5. The van der Waals surface area contributed by atoms with Crippen LogP contribution in [0, 0.1) is 0 Å². The van der Waals surface area contributed by atoms with Gasteiger partial charge in [0, 0.05) is 44.5 Å². The Morgan fingerprint density at radius 2 is 2.16 bits per heavy atom. The number of hydrogen-bond acceptors (Lipinski definition) is 5. The molecule has 7 heteroatoms. The summed E-state index contributed by atoms with van der Waals surface area (Å²) in [6, 6.07) is 7.31. The van der Waals surface area contributed by atoms with E-state index in [0.717, 1.165) is 23.4 Å². The maximum atomic E-state index is 12.7. The van der Waals surface area contributed by atoms with E-state index in [4.69, 9.17) is 9.72 Å². The smallest absolute Gasteiger partial charge is 0.255 e. The van der Waals surface area contributed by atoms with Crippen LogP contribution in [0.1, 0.15) is 28.5 Å². The fourth-order valence-electron chi connectivity index (χ4n) is 3.37. The number of fused-ring (bicyclic) bond motifs is 1. The maximum absolute atomic E-state index is 12.7. The molecule has 25 heavy (non-hydrogen) atoms. The van der Waals surface area contributed by atoms with E-state index in [2.05, 4.69) is 9.97 Å². The zero-order valence-electron chi connectivity index (χ0n) is 14.2. The minimum absolute atomic E-state index is 0.00505. The molecule has 1 saturated heterocycles. The van der Waals surface area contributed by atoms with Gasteiger partial charge >= 0.3 is 0 Å². The molecular formula is C18H19N5O2. The molecule has 1 aliphatic rings. The third-order valence-corrected chi connectivity index (χ3v) is 4.70. The third-order valence-electron chi connectivity index (χ3n) is 4.70. The van der Waals surface area contributed by atoms with Crippen molar-refractivity contribution in [1.82, 2.24) is 24.4 Å². The van der Waals surface area contributed by atoms with Gasteiger partial charge in [0.25, 0.3) is 5.91 Å². The van der Waals surface area contributed by atoms with Gasteiger partial charge in [-0.05, 0) is 24.6 Å². The molecule has 0 radical (unpaired) electrons. The second kappa shape index (κ2) is 6.16. The number of amides is 1. The molecule has 0 N–H and O–H groups in total. The lowest BCUT2D eigenvalue weighted by atomic mass is 10.1. The van der Waals surface area contributed by atoms with Crippen LogP contribution in [0.25, 0.3) is 11.2 Å². The summed E-state index contributed by atoms with van der Waals surface area (Å²) >= 11 is 0. The van der Waals surface area contributed by atoms with Gasteiger partial charge in [-0.25, -0.2) is 15.0 Å². The second-order valence-electron chi connectivity index (χ2n) is 6.20. The normalized spacial score (nSPS) is 17.2. The summed E-state index contributed by atoms with van der Waals surface area (Å²) in [5.41, 5.74) is 2.35. The molecule has 1 amide bonds. The monoisotopic (exact) mass is 337 g/mol. The fourth-order valence-corrected chi connectivity index (χ4v) is 3.37. The van der Waals surface area contributed by atoms with Crippen LogP contribution in [0.5, 0.6) is 5.88 Å². The summed E-state index contributed by atoms with van der Waals surface area (Å²) < 4.78 is 7.07. The number of ether oxygens (including phenoxy) is 1. The number of imidazole rings is 1. The zero-order valence-corrected chi connectivity index (χ0v) is 14.2. The van der Waals surface area contributed by atoms with Crippen LogP contribution in [0.2, 0.25) is 0 Å². The van der Waals surface area contributed by atoms with Crippen molar-refractivity contribution in [3.63, 3.8) is 0 Å². The Morgan fingerprint density at radius 1 is 1.28 bits per heavy atom. The van der Waals surface area contributed by atoms with Crippen molar-refractivity contribution in [3.05, 3.63) is 48.0 Å². The second-order valence-corrected chi connectivity index (χ2v) is 6.20. The largest absolute Gasteiger partial charge is 0.481 e. The van der Waals surface area contributed by atoms with Gasteiger partial charge in [0.05, 0.1) is 12.7 Å². The van der Waals surface area contributed by atoms with Crippen molar-refractivity contribution in [3.8, 4) is 5.88 Å². The summed E-state index contributed by atoms with van der Waals surface area (Å²) in [5.74, 6) is 1.70. The first-order valence-corrected chi connectivity index (χ1v) is 8.24. The first-order valence-electron chi connectivity index (χ1n) is 8.24. The number of aromatic nitrogens is 4. The minimum Gasteiger partial charge on any atom is -0.481 e. The van der Waals surface area contributed by atoms with E-state index >= 15 is 0 Å². The molecule has 4 heterocycles. The van der Waals surface area contributed by atoms with Crippen molar-refractivity contribution in [2.24, 2.45) is 7.05 Å². The highest BCUT2D eigenvalue weighted by atomic mass is 16.5. The summed E-state index contributed by atoms with van der Waals surface area (Å²) in [7, 11) is 3.54. The molecule has 1 aliphatic heterocycles. The van der Waals surface area contributed by atoms with Crippen LogP contribution in [-0.2, 0) is 7.05 Å². The Kier molecular flexibility index (Phi) is 3.83.